The maximum atomic E-state index is 4.80. The zero-order valence-electron chi connectivity index (χ0n) is 13.1. The van der Waals surface area contributed by atoms with Crippen molar-refractivity contribution in [2.45, 2.75) is 31.8 Å². The maximum Gasteiger partial charge on any atom is 0.0705 e. The molecular weight excluding hydrogens is 258 g/mol. The van der Waals surface area contributed by atoms with Crippen LogP contribution in [0.1, 0.15) is 25.0 Å². The molecule has 0 N–H and O–H groups in total. The minimum Gasteiger partial charge on any atom is -0.306 e. The summed E-state index contributed by atoms with van der Waals surface area (Å²) in [6.07, 6.45) is 3.87. The second-order valence-electron chi connectivity index (χ2n) is 6.32. The SMILES string of the molecule is CN(C)[C@H]1CCCN(Cc2ccc3ccccc3n2)CC1. The number of fused-ring (bicyclic) bond motifs is 1. The summed E-state index contributed by atoms with van der Waals surface area (Å²) in [5, 5.41) is 1.23. The Morgan fingerprint density at radius 2 is 1.95 bits per heavy atom. The Bertz CT molecular complexity index is 594. The lowest BCUT2D eigenvalue weighted by Crippen LogP contribution is -2.30. The molecule has 3 rings (SSSR count). The van der Waals surface area contributed by atoms with E-state index >= 15 is 0 Å². The van der Waals surface area contributed by atoms with Crippen LogP contribution in [0.4, 0.5) is 0 Å². The van der Waals surface area contributed by atoms with Crippen LogP contribution < -0.4 is 0 Å². The third-order valence-corrected chi connectivity index (χ3v) is 4.56. The van der Waals surface area contributed by atoms with Gasteiger partial charge < -0.3 is 4.90 Å². The molecule has 1 aliphatic heterocycles. The van der Waals surface area contributed by atoms with Gasteiger partial charge in [-0.25, -0.2) is 0 Å². The van der Waals surface area contributed by atoms with E-state index < -0.39 is 0 Å². The van der Waals surface area contributed by atoms with E-state index in [9.17, 15) is 0 Å². The molecule has 0 saturated carbocycles. The molecular formula is C18H25N3. The van der Waals surface area contributed by atoms with Crippen molar-refractivity contribution in [2.75, 3.05) is 27.2 Å². The highest BCUT2D eigenvalue weighted by molar-refractivity contribution is 5.78. The van der Waals surface area contributed by atoms with E-state index in [1.807, 2.05) is 0 Å². The normalized spacial score (nSPS) is 20.8. The lowest BCUT2D eigenvalue weighted by atomic mass is 10.1. The van der Waals surface area contributed by atoms with Crippen LogP contribution >= 0.6 is 0 Å². The second-order valence-corrected chi connectivity index (χ2v) is 6.32. The van der Waals surface area contributed by atoms with Crippen molar-refractivity contribution in [3.8, 4) is 0 Å². The molecule has 112 valence electrons. The Hall–Kier alpha value is -1.45. The Morgan fingerprint density at radius 1 is 1.10 bits per heavy atom. The van der Waals surface area contributed by atoms with Crippen LogP contribution in [-0.4, -0.2) is 48.0 Å². The molecule has 0 radical (unpaired) electrons. The van der Waals surface area contributed by atoms with Crippen molar-refractivity contribution in [3.05, 3.63) is 42.1 Å². The summed E-state index contributed by atoms with van der Waals surface area (Å²) in [6.45, 7) is 3.35. The lowest BCUT2D eigenvalue weighted by Gasteiger charge is -2.23. The van der Waals surface area contributed by atoms with Gasteiger partial charge in [-0.15, -0.1) is 0 Å². The molecule has 3 heteroatoms. The number of rotatable bonds is 3. The smallest absolute Gasteiger partial charge is 0.0705 e. The molecule has 0 spiro atoms. The first-order chi connectivity index (χ1) is 10.2. The van der Waals surface area contributed by atoms with Crippen LogP contribution in [0.15, 0.2) is 36.4 Å². The molecule has 0 amide bonds. The number of likely N-dealkylation sites (tertiary alicyclic amines) is 1. The Labute approximate surface area is 127 Å². The van der Waals surface area contributed by atoms with Gasteiger partial charge in [0.25, 0.3) is 0 Å². The molecule has 0 bridgehead atoms. The molecule has 3 nitrogen and oxygen atoms in total. The van der Waals surface area contributed by atoms with Gasteiger partial charge in [-0.1, -0.05) is 24.3 Å². The van der Waals surface area contributed by atoms with Crippen molar-refractivity contribution < 1.29 is 0 Å². The summed E-state index contributed by atoms with van der Waals surface area (Å²) in [5.74, 6) is 0. The van der Waals surface area contributed by atoms with Crippen molar-refractivity contribution in [1.82, 2.24) is 14.8 Å². The van der Waals surface area contributed by atoms with E-state index in [1.54, 1.807) is 0 Å². The van der Waals surface area contributed by atoms with Gasteiger partial charge >= 0.3 is 0 Å². The number of pyridine rings is 1. The standard InChI is InChI=1S/C18H25N3/c1-20(2)17-7-5-12-21(13-11-17)14-16-10-9-15-6-3-4-8-18(15)19-16/h3-4,6,8-10,17H,5,7,11-14H2,1-2H3/t17-/m0/s1. The van der Waals surface area contributed by atoms with E-state index in [2.05, 4.69) is 60.3 Å². The molecule has 21 heavy (non-hydrogen) atoms. The predicted molar refractivity (Wildman–Crippen MR) is 88.3 cm³/mol. The predicted octanol–water partition coefficient (Wildman–Crippen LogP) is 3.15. The monoisotopic (exact) mass is 283 g/mol. The molecule has 1 aromatic carbocycles. The first-order valence-corrected chi connectivity index (χ1v) is 7.96. The van der Waals surface area contributed by atoms with Gasteiger partial charge in [0, 0.05) is 24.5 Å². The van der Waals surface area contributed by atoms with E-state index in [1.165, 1.54) is 43.4 Å². The number of nitrogens with zero attached hydrogens (tertiary/aromatic N) is 3. The van der Waals surface area contributed by atoms with Crippen LogP contribution in [0.5, 0.6) is 0 Å². The molecule has 1 aliphatic rings. The molecule has 2 heterocycles. The minimum atomic E-state index is 0.736. The molecule has 1 saturated heterocycles. The van der Waals surface area contributed by atoms with E-state index in [0.29, 0.717) is 0 Å². The number of hydrogen-bond acceptors (Lipinski definition) is 3. The minimum absolute atomic E-state index is 0.736. The lowest BCUT2D eigenvalue weighted by molar-refractivity contribution is 0.244. The van der Waals surface area contributed by atoms with Crippen LogP contribution in [0.2, 0.25) is 0 Å². The van der Waals surface area contributed by atoms with Crippen LogP contribution in [0.25, 0.3) is 10.9 Å². The first kappa shape index (κ1) is 14.5. The highest BCUT2D eigenvalue weighted by Crippen LogP contribution is 2.17. The van der Waals surface area contributed by atoms with Crippen molar-refractivity contribution in [3.63, 3.8) is 0 Å². The number of aromatic nitrogens is 1. The van der Waals surface area contributed by atoms with E-state index in [4.69, 9.17) is 4.98 Å². The van der Waals surface area contributed by atoms with Gasteiger partial charge in [0.15, 0.2) is 0 Å². The summed E-state index contributed by atoms with van der Waals surface area (Å²) in [4.78, 5) is 9.73. The van der Waals surface area contributed by atoms with Gasteiger partial charge in [-0.2, -0.15) is 0 Å². The van der Waals surface area contributed by atoms with Crippen molar-refractivity contribution >= 4 is 10.9 Å². The Morgan fingerprint density at radius 3 is 2.81 bits per heavy atom. The highest BCUT2D eigenvalue weighted by atomic mass is 15.2. The summed E-state index contributed by atoms with van der Waals surface area (Å²) < 4.78 is 0. The molecule has 0 unspecified atom stereocenters. The van der Waals surface area contributed by atoms with Gasteiger partial charge in [-0.3, -0.25) is 9.88 Å². The second kappa shape index (κ2) is 6.54. The summed E-state index contributed by atoms with van der Waals surface area (Å²) in [7, 11) is 4.40. The van der Waals surface area contributed by atoms with Gasteiger partial charge in [0.1, 0.15) is 0 Å². The largest absolute Gasteiger partial charge is 0.306 e. The highest BCUT2D eigenvalue weighted by Gasteiger charge is 2.18. The van der Waals surface area contributed by atoms with Gasteiger partial charge in [0.2, 0.25) is 0 Å². The van der Waals surface area contributed by atoms with Gasteiger partial charge in [0.05, 0.1) is 11.2 Å². The van der Waals surface area contributed by atoms with Crippen LogP contribution in [0, 0.1) is 0 Å². The summed E-state index contributed by atoms with van der Waals surface area (Å²) >= 11 is 0. The molecule has 2 aromatic rings. The maximum absolute atomic E-state index is 4.80. The van der Waals surface area contributed by atoms with Gasteiger partial charge in [-0.05, 0) is 52.0 Å². The zero-order chi connectivity index (χ0) is 14.7. The fraction of sp³-hybridized carbons (Fsp3) is 0.500. The summed E-state index contributed by atoms with van der Waals surface area (Å²) in [6, 6.07) is 13.5. The van der Waals surface area contributed by atoms with Crippen molar-refractivity contribution in [1.29, 1.82) is 0 Å². The molecule has 0 aliphatic carbocycles. The third-order valence-electron chi connectivity index (χ3n) is 4.56. The fourth-order valence-electron chi connectivity index (χ4n) is 3.24. The Balaban J connectivity index is 1.67. The molecule has 1 atom stereocenters. The zero-order valence-corrected chi connectivity index (χ0v) is 13.1. The summed E-state index contributed by atoms with van der Waals surface area (Å²) in [5.41, 5.74) is 2.30. The topological polar surface area (TPSA) is 19.4 Å². The number of hydrogen-bond donors (Lipinski definition) is 0. The van der Waals surface area contributed by atoms with E-state index in [-0.39, 0.29) is 0 Å². The Kier molecular flexibility index (Phi) is 4.51. The van der Waals surface area contributed by atoms with Crippen LogP contribution in [-0.2, 0) is 6.54 Å². The molecule has 1 fully saturated rings. The average Bonchev–Trinajstić information content (AvgIpc) is 2.73. The fourth-order valence-corrected chi connectivity index (χ4v) is 3.24. The number of para-hydroxylation sites is 1. The average molecular weight is 283 g/mol. The third kappa shape index (κ3) is 3.60. The number of benzene rings is 1. The van der Waals surface area contributed by atoms with E-state index in [0.717, 1.165) is 18.1 Å². The quantitative estimate of drug-likeness (QED) is 0.862. The molecule has 1 aromatic heterocycles. The van der Waals surface area contributed by atoms with Crippen LogP contribution in [0.3, 0.4) is 0 Å². The first-order valence-electron chi connectivity index (χ1n) is 7.96. The van der Waals surface area contributed by atoms with Crippen molar-refractivity contribution in [2.24, 2.45) is 0 Å².